The molecule has 0 saturated carbocycles. The smallest absolute Gasteiger partial charge is 0.123 e. The summed E-state index contributed by atoms with van der Waals surface area (Å²) in [5.41, 5.74) is 0. The first kappa shape index (κ1) is 13.0. The van der Waals surface area contributed by atoms with Crippen LogP contribution in [0.1, 0.15) is 26.7 Å². The van der Waals surface area contributed by atoms with Gasteiger partial charge in [-0.1, -0.05) is 13.8 Å². The molecule has 3 heteroatoms. The van der Waals surface area contributed by atoms with Crippen LogP contribution in [-0.4, -0.2) is 19.2 Å². The van der Waals surface area contributed by atoms with E-state index in [4.69, 9.17) is 4.74 Å². The number of benzene rings is 1. The van der Waals surface area contributed by atoms with E-state index in [1.54, 1.807) is 12.1 Å². The van der Waals surface area contributed by atoms with E-state index in [1.807, 2.05) is 0 Å². The molecule has 1 rings (SSSR count). The van der Waals surface area contributed by atoms with Crippen LogP contribution in [0, 0.1) is 5.82 Å². The summed E-state index contributed by atoms with van der Waals surface area (Å²) in [7, 11) is 0. The summed E-state index contributed by atoms with van der Waals surface area (Å²) in [5.74, 6) is 0.482. The van der Waals surface area contributed by atoms with Crippen LogP contribution in [-0.2, 0) is 0 Å². The van der Waals surface area contributed by atoms with Crippen molar-refractivity contribution in [1.29, 1.82) is 0 Å². The molecule has 0 aliphatic heterocycles. The van der Waals surface area contributed by atoms with Crippen molar-refractivity contribution in [3.63, 3.8) is 0 Å². The van der Waals surface area contributed by atoms with Gasteiger partial charge in [-0.15, -0.1) is 0 Å². The van der Waals surface area contributed by atoms with Gasteiger partial charge in [-0.05, 0) is 37.1 Å². The van der Waals surface area contributed by atoms with E-state index in [-0.39, 0.29) is 5.82 Å². The van der Waals surface area contributed by atoms with Crippen molar-refractivity contribution in [1.82, 2.24) is 5.32 Å². The summed E-state index contributed by atoms with van der Waals surface area (Å²) < 4.78 is 18.1. The molecule has 1 N–H and O–H groups in total. The number of ether oxygens (including phenoxy) is 1. The zero-order valence-corrected chi connectivity index (χ0v) is 10.0. The first-order valence-corrected chi connectivity index (χ1v) is 5.88. The standard InChI is InChI=1S/C13H20FNO/c1-3-12(4-2)15-9-10-16-13-7-5-11(14)6-8-13/h5-8,12,15H,3-4,9-10H2,1-2H3. The van der Waals surface area contributed by atoms with Gasteiger partial charge in [0.2, 0.25) is 0 Å². The van der Waals surface area contributed by atoms with Gasteiger partial charge >= 0.3 is 0 Å². The van der Waals surface area contributed by atoms with Crippen LogP contribution in [0.15, 0.2) is 24.3 Å². The SMILES string of the molecule is CCC(CC)NCCOc1ccc(F)cc1. The first-order chi connectivity index (χ1) is 7.76. The second kappa shape index (κ2) is 7.23. The topological polar surface area (TPSA) is 21.3 Å². The van der Waals surface area contributed by atoms with Crippen molar-refractivity contribution in [2.75, 3.05) is 13.2 Å². The zero-order valence-electron chi connectivity index (χ0n) is 10.0. The fourth-order valence-corrected chi connectivity index (χ4v) is 1.54. The lowest BCUT2D eigenvalue weighted by Gasteiger charge is -2.14. The highest BCUT2D eigenvalue weighted by Gasteiger charge is 2.01. The number of halogens is 1. The zero-order chi connectivity index (χ0) is 11.8. The Hall–Kier alpha value is -1.09. The molecule has 0 aromatic heterocycles. The molecular formula is C13H20FNO. The third kappa shape index (κ3) is 4.62. The first-order valence-electron chi connectivity index (χ1n) is 5.88. The molecule has 0 atom stereocenters. The lowest BCUT2D eigenvalue weighted by molar-refractivity contribution is 0.302. The number of rotatable bonds is 7. The summed E-state index contributed by atoms with van der Waals surface area (Å²) in [4.78, 5) is 0. The Bertz CT molecular complexity index is 282. The van der Waals surface area contributed by atoms with Gasteiger partial charge in [0.15, 0.2) is 0 Å². The quantitative estimate of drug-likeness (QED) is 0.720. The fraction of sp³-hybridized carbons (Fsp3) is 0.538. The minimum Gasteiger partial charge on any atom is -0.492 e. The predicted molar refractivity (Wildman–Crippen MR) is 64.3 cm³/mol. The fourth-order valence-electron chi connectivity index (χ4n) is 1.54. The van der Waals surface area contributed by atoms with Gasteiger partial charge in [-0.2, -0.15) is 0 Å². The van der Waals surface area contributed by atoms with Crippen LogP contribution in [0.2, 0.25) is 0 Å². The van der Waals surface area contributed by atoms with Crippen molar-refractivity contribution in [3.8, 4) is 5.75 Å². The minimum atomic E-state index is -0.234. The summed E-state index contributed by atoms with van der Waals surface area (Å²) in [6.07, 6.45) is 2.26. The molecule has 0 fully saturated rings. The minimum absolute atomic E-state index is 0.234. The largest absolute Gasteiger partial charge is 0.492 e. The lowest BCUT2D eigenvalue weighted by atomic mass is 10.2. The molecule has 1 aromatic rings. The summed E-state index contributed by atoms with van der Waals surface area (Å²) in [5, 5.41) is 3.40. The Labute approximate surface area is 96.8 Å². The van der Waals surface area contributed by atoms with Gasteiger partial charge < -0.3 is 10.1 Å². The van der Waals surface area contributed by atoms with Gasteiger partial charge in [-0.25, -0.2) is 4.39 Å². The van der Waals surface area contributed by atoms with Crippen LogP contribution in [0.3, 0.4) is 0 Å². The van der Waals surface area contributed by atoms with Gasteiger partial charge in [-0.3, -0.25) is 0 Å². The van der Waals surface area contributed by atoms with Crippen molar-refractivity contribution in [2.24, 2.45) is 0 Å². The van der Waals surface area contributed by atoms with E-state index in [2.05, 4.69) is 19.2 Å². The Morgan fingerprint density at radius 3 is 2.38 bits per heavy atom. The molecule has 0 heterocycles. The number of hydrogen-bond donors (Lipinski definition) is 1. The van der Waals surface area contributed by atoms with E-state index >= 15 is 0 Å². The van der Waals surface area contributed by atoms with E-state index < -0.39 is 0 Å². The highest BCUT2D eigenvalue weighted by atomic mass is 19.1. The molecule has 1 aromatic carbocycles. The van der Waals surface area contributed by atoms with Crippen LogP contribution in [0.5, 0.6) is 5.75 Å². The Kier molecular flexibility index (Phi) is 5.86. The highest BCUT2D eigenvalue weighted by molar-refractivity contribution is 5.21. The van der Waals surface area contributed by atoms with E-state index in [9.17, 15) is 4.39 Å². The Balaban J connectivity index is 2.18. The number of nitrogens with one attached hydrogen (secondary N) is 1. The van der Waals surface area contributed by atoms with E-state index in [1.165, 1.54) is 12.1 Å². The van der Waals surface area contributed by atoms with Gasteiger partial charge in [0.05, 0.1) is 0 Å². The van der Waals surface area contributed by atoms with E-state index in [0.29, 0.717) is 18.4 Å². The molecule has 90 valence electrons. The van der Waals surface area contributed by atoms with Crippen molar-refractivity contribution in [2.45, 2.75) is 32.7 Å². The maximum absolute atomic E-state index is 12.6. The normalized spacial score (nSPS) is 10.8. The molecule has 2 nitrogen and oxygen atoms in total. The van der Waals surface area contributed by atoms with Crippen molar-refractivity contribution in [3.05, 3.63) is 30.1 Å². The molecule has 16 heavy (non-hydrogen) atoms. The summed E-state index contributed by atoms with van der Waals surface area (Å²) >= 11 is 0. The predicted octanol–water partition coefficient (Wildman–Crippen LogP) is 2.98. The Morgan fingerprint density at radius 1 is 1.19 bits per heavy atom. The average molecular weight is 225 g/mol. The van der Waals surface area contributed by atoms with Gasteiger partial charge in [0, 0.05) is 12.6 Å². The molecule has 0 saturated heterocycles. The third-order valence-corrected chi connectivity index (χ3v) is 2.60. The van der Waals surface area contributed by atoms with Gasteiger partial charge in [0.1, 0.15) is 18.2 Å². The summed E-state index contributed by atoms with van der Waals surface area (Å²) in [6, 6.07) is 6.67. The molecule has 0 spiro atoms. The van der Waals surface area contributed by atoms with Crippen LogP contribution >= 0.6 is 0 Å². The maximum Gasteiger partial charge on any atom is 0.123 e. The van der Waals surface area contributed by atoms with Gasteiger partial charge in [0.25, 0.3) is 0 Å². The molecule has 0 bridgehead atoms. The molecular weight excluding hydrogens is 205 g/mol. The molecule has 0 unspecified atom stereocenters. The molecule has 0 aliphatic rings. The second-order valence-corrected chi connectivity index (χ2v) is 3.77. The van der Waals surface area contributed by atoms with Crippen molar-refractivity contribution >= 4 is 0 Å². The maximum atomic E-state index is 12.6. The van der Waals surface area contributed by atoms with Crippen LogP contribution < -0.4 is 10.1 Å². The molecule has 0 aliphatic carbocycles. The third-order valence-electron chi connectivity index (χ3n) is 2.60. The second-order valence-electron chi connectivity index (χ2n) is 3.77. The lowest BCUT2D eigenvalue weighted by Crippen LogP contribution is -2.31. The molecule has 0 radical (unpaired) electrons. The van der Waals surface area contributed by atoms with Crippen molar-refractivity contribution < 1.29 is 9.13 Å². The van der Waals surface area contributed by atoms with E-state index in [0.717, 1.165) is 19.4 Å². The number of hydrogen-bond acceptors (Lipinski definition) is 2. The Morgan fingerprint density at radius 2 is 1.81 bits per heavy atom. The monoisotopic (exact) mass is 225 g/mol. The average Bonchev–Trinajstić information content (AvgIpc) is 2.32. The highest BCUT2D eigenvalue weighted by Crippen LogP contribution is 2.10. The summed E-state index contributed by atoms with van der Waals surface area (Å²) in [6.45, 7) is 5.77. The van der Waals surface area contributed by atoms with Crippen LogP contribution in [0.25, 0.3) is 0 Å². The van der Waals surface area contributed by atoms with Crippen LogP contribution in [0.4, 0.5) is 4.39 Å². The molecule has 0 amide bonds.